The molecule has 0 radical (unpaired) electrons. The Bertz CT molecular complexity index is 481. The van der Waals surface area contributed by atoms with E-state index in [2.05, 4.69) is 47.4 Å². The van der Waals surface area contributed by atoms with Crippen molar-refractivity contribution in [2.75, 3.05) is 18.0 Å². The van der Waals surface area contributed by atoms with Gasteiger partial charge in [0.15, 0.2) is 0 Å². The van der Waals surface area contributed by atoms with Crippen molar-refractivity contribution in [2.24, 2.45) is 0 Å². The number of aromatic nitrogens is 1. The van der Waals surface area contributed by atoms with Crippen LogP contribution in [-0.2, 0) is 11.3 Å². The molecule has 1 aliphatic heterocycles. The quantitative estimate of drug-likeness (QED) is 0.873. The van der Waals surface area contributed by atoms with Crippen molar-refractivity contribution >= 4 is 11.7 Å². The van der Waals surface area contributed by atoms with Gasteiger partial charge in [0.05, 0.1) is 0 Å². The summed E-state index contributed by atoms with van der Waals surface area (Å²) in [6.07, 6.45) is 1.79. The van der Waals surface area contributed by atoms with Crippen LogP contribution in [0.1, 0.15) is 33.3 Å². The maximum absolute atomic E-state index is 11.8. The molecule has 1 saturated heterocycles. The molecular formula is C15H24N4O. The van der Waals surface area contributed by atoms with Gasteiger partial charge in [-0.15, -0.1) is 0 Å². The number of hydrogen-bond acceptors (Lipinski definition) is 4. The van der Waals surface area contributed by atoms with Crippen LogP contribution >= 0.6 is 0 Å². The molecule has 2 rings (SSSR count). The minimum absolute atomic E-state index is 0.0536. The molecule has 1 aromatic heterocycles. The van der Waals surface area contributed by atoms with E-state index in [1.165, 1.54) is 0 Å². The van der Waals surface area contributed by atoms with Gasteiger partial charge in [0, 0.05) is 36.9 Å². The monoisotopic (exact) mass is 276 g/mol. The van der Waals surface area contributed by atoms with E-state index in [-0.39, 0.29) is 17.5 Å². The van der Waals surface area contributed by atoms with Crippen LogP contribution in [0.3, 0.4) is 0 Å². The fraction of sp³-hybridized carbons (Fsp3) is 0.600. The average molecular weight is 276 g/mol. The van der Waals surface area contributed by atoms with Gasteiger partial charge in [-0.2, -0.15) is 0 Å². The SMILES string of the molecule is CC1C(=O)NCCN1c1ncccc1CNC(C)(C)C. The fourth-order valence-electron chi connectivity index (χ4n) is 2.26. The number of anilines is 1. The summed E-state index contributed by atoms with van der Waals surface area (Å²) in [6, 6.07) is 3.84. The predicted octanol–water partition coefficient (Wildman–Crippen LogP) is 1.29. The zero-order valence-electron chi connectivity index (χ0n) is 12.7. The van der Waals surface area contributed by atoms with Crippen molar-refractivity contribution in [3.63, 3.8) is 0 Å². The summed E-state index contributed by atoms with van der Waals surface area (Å²) in [4.78, 5) is 18.4. The van der Waals surface area contributed by atoms with Gasteiger partial charge >= 0.3 is 0 Å². The normalized spacial score (nSPS) is 19.9. The van der Waals surface area contributed by atoms with E-state index >= 15 is 0 Å². The Balaban J connectivity index is 2.21. The number of carbonyl (C=O) groups is 1. The summed E-state index contributed by atoms with van der Waals surface area (Å²) in [5.74, 6) is 0.975. The van der Waals surface area contributed by atoms with Crippen LogP contribution in [0.4, 0.5) is 5.82 Å². The molecular weight excluding hydrogens is 252 g/mol. The second kappa shape index (κ2) is 5.79. The van der Waals surface area contributed by atoms with Gasteiger partial charge in [0.1, 0.15) is 11.9 Å². The average Bonchev–Trinajstić information content (AvgIpc) is 2.39. The summed E-state index contributed by atoms with van der Waals surface area (Å²) < 4.78 is 0. The highest BCUT2D eigenvalue weighted by atomic mass is 16.2. The first-order valence-electron chi connectivity index (χ1n) is 7.12. The van der Waals surface area contributed by atoms with Gasteiger partial charge in [0.2, 0.25) is 5.91 Å². The third-order valence-corrected chi connectivity index (χ3v) is 3.45. The molecule has 5 nitrogen and oxygen atoms in total. The van der Waals surface area contributed by atoms with Gasteiger partial charge in [-0.05, 0) is 33.8 Å². The van der Waals surface area contributed by atoms with Crippen molar-refractivity contribution in [2.45, 2.75) is 45.8 Å². The Morgan fingerprint density at radius 2 is 2.25 bits per heavy atom. The summed E-state index contributed by atoms with van der Waals surface area (Å²) in [5.41, 5.74) is 1.18. The van der Waals surface area contributed by atoms with Crippen LogP contribution in [0.5, 0.6) is 0 Å². The Labute approximate surface area is 120 Å². The lowest BCUT2D eigenvalue weighted by molar-refractivity contribution is -0.122. The van der Waals surface area contributed by atoms with E-state index in [4.69, 9.17) is 0 Å². The van der Waals surface area contributed by atoms with Crippen molar-refractivity contribution in [1.82, 2.24) is 15.6 Å². The van der Waals surface area contributed by atoms with Gasteiger partial charge in [-0.3, -0.25) is 4.79 Å². The first kappa shape index (κ1) is 14.8. The van der Waals surface area contributed by atoms with Crippen LogP contribution in [0.25, 0.3) is 0 Å². The lowest BCUT2D eigenvalue weighted by Gasteiger charge is -2.35. The van der Waals surface area contributed by atoms with Gasteiger partial charge in [-0.1, -0.05) is 6.07 Å². The molecule has 1 fully saturated rings. The largest absolute Gasteiger partial charge is 0.353 e. The first-order chi connectivity index (χ1) is 9.38. The minimum atomic E-state index is -0.174. The summed E-state index contributed by atoms with van der Waals surface area (Å²) in [7, 11) is 0. The number of nitrogens with zero attached hydrogens (tertiary/aromatic N) is 2. The smallest absolute Gasteiger partial charge is 0.242 e. The van der Waals surface area contributed by atoms with Crippen LogP contribution in [0.15, 0.2) is 18.3 Å². The topological polar surface area (TPSA) is 57.3 Å². The molecule has 0 aliphatic carbocycles. The highest BCUT2D eigenvalue weighted by molar-refractivity contribution is 5.86. The van der Waals surface area contributed by atoms with Crippen LogP contribution in [0.2, 0.25) is 0 Å². The molecule has 20 heavy (non-hydrogen) atoms. The molecule has 1 atom stereocenters. The molecule has 0 spiro atoms. The molecule has 5 heteroatoms. The number of hydrogen-bond donors (Lipinski definition) is 2. The maximum Gasteiger partial charge on any atom is 0.242 e. The number of piperazine rings is 1. The Kier molecular flexibility index (Phi) is 4.28. The van der Waals surface area contributed by atoms with Crippen LogP contribution < -0.4 is 15.5 Å². The Morgan fingerprint density at radius 1 is 1.50 bits per heavy atom. The lowest BCUT2D eigenvalue weighted by atomic mass is 10.1. The predicted molar refractivity (Wildman–Crippen MR) is 80.6 cm³/mol. The van der Waals surface area contributed by atoms with E-state index in [0.29, 0.717) is 6.54 Å². The Morgan fingerprint density at radius 3 is 2.95 bits per heavy atom. The lowest BCUT2D eigenvalue weighted by Crippen LogP contribution is -2.54. The summed E-state index contributed by atoms with van der Waals surface area (Å²) in [5, 5.41) is 6.36. The molecule has 110 valence electrons. The minimum Gasteiger partial charge on any atom is -0.353 e. The van der Waals surface area contributed by atoms with Crippen molar-refractivity contribution in [3.8, 4) is 0 Å². The van der Waals surface area contributed by atoms with Gasteiger partial charge in [0.25, 0.3) is 0 Å². The van der Waals surface area contributed by atoms with E-state index in [9.17, 15) is 4.79 Å². The molecule has 2 N–H and O–H groups in total. The van der Waals surface area contributed by atoms with E-state index in [1.807, 2.05) is 13.0 Å². The number of pyridine rings is 1. The molecule has 1 amide bonds. The fourth-order valence-corrected chi connectivity index (χ4v) is 2.26. The zero-order valence-corrected chi connectivity index (χ0v) is 12.7. The van der Waals surface area contributed by atoms with Crippen molar-refractivity contribution in [3.05, 3.63) is 23.9 Å². The molecule has 1 aliphatic rings. The molecule has 1 unspecified atom stereocenters. The van der Waals surface area contributed by atoms with Crippen molar-refractivity contribution < 1.29 is 4.79 Å². The van der Waals surface area contributed by atoms with Gasteiger partial charge in [-0.25, -0.2) is 4.98 Å². The first-order valence-corrected chi connectivity index (χ1v) is 7.12. The van der Waals surface area contributed by atoms with E-state index < -0.39 is 0 Å². The third-order valence-electron chi connectivity index (χ3n) is 3.45. The number of carbonyl (C=O) groups excluding carboxylic acids is 1. The summed E-state index contributed by atoms with van der Waals surface area (Å²) >= 11 is 0. The molecule has 0 bridgehead atoms. The second-order valence-corrected chi connectivity index (χ2v) is 6.25. The van der Waals surface area contributed by atoms with Crippen molar-refractivity contribution in [1.29, 1.82) is 0 Å². The van der Waals surface area contributed by atoms with E-state index in [0.717, 1.165) is 24.5 Å². The summed E-state index contributed by atoms with van der Waals surface area (Å²) in [6.45, 7) is 10.6. The third kappa shape index (κ3) is 3.48. The van der Waals surface area contributed by atoms with Crippen LogP contribution in [-0.4, -0.2) is 35.6 Å². The molecule has 2 heterocycles. The highest BCUT2D eigenvalue weighted by Crippen LogP contribution is 2.21. The Hall–Kier alpha value is -1.62. The molecule has 0 aromatic carbocycles. The van der Waals surface area contributed by atoms with Gasteiger partial charge < -0.3 is 15.5 Å². The standard InChI is InChI=1S/C15H24N4O/c1-11-14(20)17-8-9-19(11)13-12(6-5-7-16-13)10-18-15(2,3)4/h5-7,11,18H,8-10H2,1-4H3,(H,17,20). The number of nitrogens with one attached hydrogen (secondary N) is 2. The second-order valence-electron chi connectivity index (χ2n) is 6.25. The number of rotatable bonds is 3. The maximum atomic E-state index is 11.8. The number of amides is 1. The van der Waals surface area contributed by atoms with Crippen LogP contribution in [0, 0.1) is 0 Å². The molecule has 0 saturated carbocycles. The highest BCUT2D eigenvalue weighted by Gasteiger charge is 2.27. The van der Waals surface area contributed by atoms with E-state index in [1.54, 1.807) is 6.20 Å². The molecule has 1 aromatic rings. The zero-order chi connectivity index (χ0) is 14.8.